The summed E-state index contributed by atoms with van der Waals surface area (Å²) in [6, 6.07) is 13.0. The maximum atomic E-state index is 13.6. The minimum absolute atomic E-state index is 0.212. The number of pyridine rings is 2. The highest BCUT2D eigenvalue weighted by Crippen LogP contribution is 2.24. The molecule has 4 rings (SSSR count). The molecule has 0 aliphatic heterocycles. The topological polar surface area (TPSA) is 73.3 Å². The first-order chi connectivity index (χ1) is 14.0. The quantitative estimate of drug-likeness (QED) is 0.540. The summed E-state index contributed by atoms with van der Waals surface area (Å²) in [6.45, 7) is 1.76. The van der Waals surface area contributed by atoms with Crippen molar-refractivity contribution in [3.05, 3.63) is 89.3 Å². The normalized spacial score (nSPS) is 11.1. The average Bonchev–Trinajstić information content (AvgIpc) is 3.14. The second-order valence-electron chi connectivity index (χ2n) is 7.10. The van der Waals surface area contributed by atoms with E-state index < -0.39 is 5.91 Å². The molecule has 0 atom stereocenters. The van der Waals surface area contributed by atoms with Crippen LogP contribution in [0.25, 0.3) is 16.9 Å². The number of rotatable bonds is 6. The van der Waals surface area contributed by atoms with Crippen LogP contribution in [0.1, 0.15) is 33.6 Å². The number of nitrogens with zero attached hydrogens (tertiary/aromatic N) is 3. The highest BCUT2D eigenvalue weighted by molar-refractivity contribution is 5.91. The number of hydrogen-bond acceptors (Lipinski definition) is 3. The molecule has 2 N–H and O–H groups in total. The lowest BCUT2D eigenvalue weighted by molar-refractivity contribution is 0.0994. The predicted octanol–water partition coefficient (Wildman–Crippen LogP) is 4.12. The fourth-order valence-corrected chi connectivity index (χ4v) is 3.53. The Morgan fingerprint density at radius 1 is 1.14 bits per heavy atom. The van der Waals surface area contributed by atoms with Gasteiger partial charge in [0, 0.05) is 18.0 Å². The molecule has 3 aromatic heterocycles. The molecule has 0 aliphatic rings. The molecule has 0 radical (unpaired) electrons. The zero-order valence-electron chi connectivity index (χ0n) is 16.1. The summed E-state index contributed by atoms with van der Waals surface area (Å²) < 4.78 is 15.3. The number of hydrogen-bond donors (Lipinski definition) is 1. The SMILES string of the molecule is Cc1cc(-c2ncccc2CCCc2ccc3ncc(C(N)=O)n3c2)ccc1F. The maximum absolute atomic E-state index is 13.6. The van der Waals surface area contributed by atoms with Crippen molar-refractivity contribution in [2.75, 3.05) is 0 Å². The Morgan fingerprint density at radius 2 is 2.00 bits per heavy atom. The van der Waals surface area contributed by atoms with E-state index in [4.69, 9.17) is 5.73 Å². The standard InChI is InChI=1S/C23H21FN4O/c1-15-12-18(8-9-19(15)24)22-17(6-3-11-26-22)5-2-4-16-7-10-21-27-13-20(23(25)29)28(21)14-16/h3,6-14H,2,4-5H2,1H3,(H2,25,29). The predicted molar refractivity (Wildman–Crippen MR) is 110 cm³/mol. The van der Waals surface area contributed by atoms with Crippen molar-refractivity contribution >= 4 is 11.6 Å². The molecular weight excluding hydrogens is 367 g/mol. The molecule has 0 unspecified atom stereocenters. The molecule has 146 valence electrons. The molecule has 3 heterocycles. The van der Waals surface area contributed by atoms with Gasteiger partial charge in [-0.05, 0) is 73.2 Å². The van der Waals surface area contributed by atoms with Crippen molar-refractivity contribution in [3.8, 4) is 11.3 Å². The van der Waals surface area contributed by atoms with Gasteiger partial charge in [-0.15, -0.1) is 0 Å². The van der Waals surface area contributed by atoms with Crippen LogP contribution in [0.4, 0.5) is 4.39 Å². The average molecular weight is 388 g/mol. The number of primary amides is 1. The first-order valence-electron chi connectivity index (χ1n) is 9.49. The lowest BCUT2D eigenvalue weighted by atomic mass is 9.99. The van der Waals surface area contributed by atoms with E-state index in [0.29, 0.717) is 16.9 Å². The lowest BCUT2D eigenvalue weighted by Gasteiger charge is -2.10. The Morgan fingerprint density at radius 3 is 2.79 bits per heavy atom. The fourth-order valence-electron chi connectivity index (χ4n) is 3.53. The summed E-state index contributed by atoms with van der Waals surface area (Å²) in [7, 11) is 0. The molecule has 4 aromatic rings. The largest absolute Gasteiger partial charge is 0.364 e. The molecular formula is C23H21FN4O. The molecule has 0 spiro atoms. The van der Waals surface area contributed by atoms with Crippen LogP contribution in [-0.2, 0) is 12.8 Å². The number of imidazole rings is 1. The van der Waals surface area contributed by atoms with E-state index in [2.05, 4.69) is 16.0 Å². The number of halogens is 1. The molecule has 0 saturated heterocycles. The van der Waals surface area contributed by atoms with E-state index in [-0.39, 0.29) is 5.82 Å². The Balaban J connectivity index is 1.52. The van der Waals surface area contributed by atoms with E-state index in [1.807, 2.05) is 30.5 Å². The minimum atomic E-state index is -0.496. The molecule has 0 bridgehead atoms. The van der Waals surface area contributed by atoms with Crippen molar-refractivity contribution in [3.63, 3.8) is 0 Å². The van der Waals surface area contributed by atoms with Gasteiger partial charge in [-0.25, -0.2) is 9.37 Å². The van der Waals surface area contributed by atoms with Gasteiger partial charge in [0.2, 0.25) is 0 Å². The van der Waals surface area contributed by atoms with Gasteiger partial charge in [0.25, 0.3) is 5.91 Å². The molecule has 0 saturated carbocycles. The van der Waals surface area contributed by atoms with Gasteiger partial charge >= 0.3 is 0 Å². The third-order valence-corrected chi connectivity index (χ3v) is 5.05. The number of amides is 1. The Hall–Kier alpha value is -3.54. The first-order valence-corrected chi connectivity index (χ1v) is 9.49. The van der Waals surface area contributed by atoms with Gasteiger partial charge in [0.15, 0.2) is 0 Å². The zero-order valence-corrected chi connectivity index (χ0v) is 16.1. The van der Waals surface area contributed by atoms with Crippen molar-refractivity contribution in [2.24, 2.45) is 5.73 Å². The van der Waals surface area contributed by atoms with E-state index in [9.17, 15) is 9.18 Å². The van der Waals surface area contributed by atoms with Gasteiger partial charge in [-0.2, -0.15) is 0 Å². The Bertz CT molecular complexity index is 1200. The third kappa shape index (κ3) is 3.87. The first kappa shape index (κ1) is 18.8. The van der Waals surface area contributed by atoms with Crippen LogP contribution in [0.5, 0.6) is 0 Å². The number of carbonyl (C=O) groups excluding carboxylic acids is 1. The minimum Gasteiger partial charge on any atom is -0.364 e. The van der Waals surface area contributed by atoms with Gasteiger partial charge < -0.3 is 5.73 Å². The van der Waals surface area contributed by atoms with Gasteiger partial charge in [-0.1, -0.05) is 12.1 Å². The van der Waals surface area contributed by atoms with Crippen LogP contribution in [0.2, 0.25) is 0 Å². The number of nitrogens with two attached hydrogens (primary N) is 1. The number of benzene rings is 1. The van der Waals surface area contributed by atoms with Crippen molar-refractivity contribution in [1.82, 2.24) is 14.4 Å². The van der Waals surface area contributed by atoms with E-state index >= 15 is 0 Å². The second kappa shape index (κ2) is 7.83. The number of aryl methyl sites for hydroxylation is 3. The smallest absolute Gasteiger partial charge is 0.267 e. The summed E-state index contributed by atoms with van der Waals surface area (Å²) in [4.78, 5) is 20.3. The van der Waals surface area contributed by atoms with Gasteiger partial charge in [0.1, 0.15) is 17.2 Å². The van der Waals surface area contributed by atoms with Gasteiger partial charge in [-0.3, -0.25) is 14.2 Å². The zero-order chi connectivity index (χ0) is 20.4. The van der Waals surface area contributed by atoms with Crippen LogP contribution >= 0.6 is 0 Å². The maximum Gasteiger partial charge on any atom is 0.267 e. The summed E-state index contributed by atoms with van der Waals surface area (Å²) in [5.41, 5.74) is 11.1. The van der Waals surface area contributed by atoms with Crippen LogP contribution in [0, 0.1) is 12.7 Å². The summed E-state index contributed by atoms with van der Waals surface area (Å²) in [6.07, 6.45) is 7.75. The fraction of sp³-hybridized carbons (Fsp3) is 0.174. The van der Waals surface area contributed by atoms with Crippen molar-refractivity contribution in [2.45, 2.75) is 26.2 Å². The molecule has 0 aliphatic carbocycles. The van der Waals surface area contributed by atoms with Crippen LogP contribution in [-0.4, -0.2) is 20.3 Å². The second-order valence-corrected chi connectivity index (χ2v) is 7.10. The van der Waals surface area contributed by atoms with Crippen molar-refractivity contribution < 1.29 is 9.18 Å². The van der Waals surface area contributed by atoms with Crippen LogP contribution in [0.3, 0.4) is 0 Å². The monoisotopic (exact) mass is 388 g/mol. The van der Waals surface area contributed by atoms with Crippen molar-refractivity contribution in [1.29, 1.82) is 0 Å². The summed E-state index contributed by atoms with van der Waals surface area (Å²) in [5.74, 6) is -0.708. The molecule has 1 aromatic carbocycles. The van der Waals surface area contributed by atoms with E-state index in [1.54, 1.807) is 23.6 Å². The third-order valence-electron chi connectivity index (χ3n) is 5.05. The summed E-state index contributed by atoms with van der Waals surface area (Å²) in [5, 5.41) is 0. The molecule has 0 fully saturated rings. The molecule has 5 nitrogen and oxygen atoms in total. The highest BCUT2D eigenvalue weighted by Gasteiger charge is 2.10. The molecule has 29 heavy (non-hydrogen) atoms. The number of aromatic nitrogens is 3. The lowest BCUT2D eigenvalue weighted by Crippen LogP contribution is -2.13. The Labute approximate surface area is 168 Å². The van der Waals surface area contributed by atoms with E-state index in [1.165, 1.54) is 12.3 Å². The molecule has 6 heteroatoms. The highest BCUT2D eigenvalue weighted by atomic mass is 19.1. The van der Waals surface area contributed by atoms with E-state index in [0.717, 1.165) is 41.6 Å². The number of fused-ring (bicyclic) bond motifs is 1. The number of carbonyl (C=O) groups is 1. The van der Waals surface area contributed by atoms with Crippen LogP contribution in [0.15, 0.2) is 61.1 Å². The Kier molecular flexibility index (Phi) is 5.08. The molecule has 1 amide bonds. The summed E-state index contributed by atoms with van der Waals surface area (Å²) >= 11 is 0. The van der Waals surface area contributed by atoms with Crippen LogP contribution < -0.4 is 5.73 Å². The van der Waals surface area contributed by atoms with Gasteiger partial charge in [0.05, 0.1) is 11.9 Å².